The zero-order valence-electron chi connectivity index (χ0n) is 10.7. The second-order valence-electron chi connectivity index (χ2n) is 4.13. The summed E-state index contributed by atoms with van der Waals surface area (Å²) in [5.41, 5.74) is 0. The number of carbonyl (C=O) groups is 1. The zero-order valence-corrected chi connectivity index (χ0v) is 13.1. The van der Waals surface area contributed by atoms with Gasteiger partial charge in [0, 0.05) is 9.90 Å². The number of thiophene rings is 1. The molecule has 0 aliphatic carbocycles. The summed E-state index contributed by atoms with van der Waals surface area (Å²) >= 11 is 13.4. The van der Waals surface area contributed by atoms with Crippen LogP contribution < -0.4 is 10.1 Å². The van der Waals surface area contributed by atoms with Crippen LogP contribution in [0.4, 0.5) is 0 Å². The van der Waals surface area contributed by atoms with E-state index in [4.69, 9.17) is 27.9 Å². The predicted octanol–water partition coefficient (Wildman–Crippen LogP) is 4.14. The normalized spacial score (nSPS) is 11.9. The highest BCUT2D eigenvalue weighted by molar-refractivity contribution is 7.09. The molecular weight excluding hydrogens is 317 g/mol. The van der Waals surface area contributed by atoms with Crippen molar-refractivity contribution in [3.05, 3.63) is 50.6 Å². The Bertz CT molecular complexity index is 587. The highest BCUT2D eigenvalue weighted by Crippen LogP contribution is 2.28. The van der Waals surface area contributed by atoms with E-state index in [0.29, 0.717) is 22.3 Å². The van der Waals surface area contributed by atoms with Gasteiger partial charge in [0.05, 0.1) is 11.6 Å². The van der Waals surface area contributed by atoms with Crippen molar-refractivity contribution in [2.45, 2.75) is 19.6 Å². The average Bonchev–Trinajstić information content (AvgIpc) is 2.92. The molecule has 0 spiro atoms. The van der Waals surface area contributed by atoms with Crippen LogP contribution >= 0.6 is 34.5 Å². The number of benzene rings is 1. The first kappa shape index (κ1) is 15.2. The molecule has 1 N–H and O–H groups in total. The predicted molar refractivity (Wildman–Crippen MR) is 82.7 cm³/mol. The van der Waals surface area contributed by atoms with Crippen molar-refractivity contribution in [1.82, 2.24) is 5.32 Å². The molecule has 1 heterocycles. The minimum atomic E-state index is -0.631. The second kappa shape index (κ2) is 6.97. The van der Waals surface area contributed by atoms with Gasteiger partial charge in [-0.3, -0.25) is 4.79 Å². The molecule has 0 fully saturated rings. The number of carbonyl (C=O) groups excluding carboxylic acids is 1. The van der Waals surface area contributed by atoms with Gasteiger partial charge >= 0.3 is 0 Å². The summed E-state index contributed by atoms with van der Waals surface area (Å²) in [6.07, 6.45) is -0.631. The van der Waals surface area contributed by atoms with Crippen molar-refractivity contribution in [2.75, 3.05) is 0 Å². The highest BCUT2D eigenvalue weighted by Gasteiger charge is 2.16. The first-order chi connectivity index (χ1) is 9.56. The Morgan fingerprint density at radius 1 is 1.40 bits per heavy atom. The Hall–Kier alpha value is -1.23. The van der Waals surface area contributed by atoms with Crippen LogP contribution in [0.2, 0.25) is 10.0 Å². The molecule has 2 rings (SSSR count). The molecule has 20 heavy (non-hydrogen) atoms. The van der Waals surface area contributed by atoms with Crippen molar-refractivity contribution < 1.29 is 9.53 Å². The van der Waals surface area contributed by atoms with E-state index in [1.807, 2.05) is 17.5 Å². The maximum absolute atomic E-state index is 11.9. The molecule has 0 saturated heterocycles. The maximum atomic E-state index is 11.9. The van der Waals surface area contributed by atoms with Gasteiger partial charge in [-0.1, -0.05) is 29.3 Å². The third-order valence-corrected chi connectivity index (χ3v) is 3.99. The number of amides is 1. The fourth-order valence-corrected chi connectivity index (χ4v) is 2.64. The molecule has 3 nitrogen and oxygen atoms in total. The summed E-state index contributed by atoms with van der Waals surface area (Å²) < 4.78 is 5.53. The van der Waals surface area contributed by atoms with Crippen molar-refractivity contribution in [3.8, 4) is 5.75 Å². The third kappa shape index (κ3) is 4.13. The van der Waals surface area contributed by atoms with Crippen molar-refractivity contribution in [2.24, 2.45) is 0 Å². The number of rotatable bonds is 5. The Balaban J connectivity index is 1.90. The van der Waals surface area contributed by atoms with Crippen LogP contribution in [0.15, 0.2) is 35.7 Å². The first-order valence-electron chi connectivity index (χ1n) is 5.98. The summed E-state index contributed by atoms with van der Waals surface area (Å²) in [7, 11) is 0. The van der Waals surface area contributed by atoms with Crippen molar-refractivity contribution >= 4 is 40.4 Å². The molecule has 2 aromatic rings. The summed E-state index contributed by atoms with van der Waals surface area (Å²) in [5, 5.41) is 5.69. The standard InChI is InChI=1S/C14H13Cl2NO2S/c1-9(14(18)17-8-11-3-2-6-20-11)19-13-5-4-10(15)7-12(13)16/h2-7,9H,8H2,1H3,(H,17,18)/t9-/m1/s1. The van der Waals surface area contributed by atoms with Crippen molar-refractivity contribution in [1.29, 1.82) is 0 Å². The monoisotopic (exact) mass is 329 g/mol. The number of hydrogen-bond acceptors (Lipinski definition) is 3. The van der Waals surface area contributed by atoms with Crippen LogP contribution in [-0.2, 0) is 11.3 Å². The average molecular weight is 330 g/mol. The van der Waals surface area contributed by atoms with Gasteiger partial charge in [0.15, 0.2) is 6.10 Å². The minimum Gasteiger partial charge on any atom is -0.479 e. The smallest absolute Gasteiger partial charge is 0.261 e. The lowest BCUT2D eigenvalue weighted by Gasteiger charge is -2.15. The molecule has 6 heteroatoms. The van der Waals surface area contributed by atoms with E-state index in [0.717, 1.165) is 4.88 Å². The molecule has 0 aliphatic rings. The number of hydrogen-bond donors (Lipinski definition) is 1. The Kier molecular flexibility index (Phi) is 5.29. The molecule has 0 bridgehead atoms. The van der Waals surface area contributed by atoms with Gasteiger partial charge in [0.1, 0.15) is 5.75 Å². The Labute approximate surface area is 131 Å². The van der Waals surface area contributed by atoms with E-state index in [-0.39, 0.29) is 5.91 Å². The van der Waals surface area contributed by atoms with Crippen LogP contribution in [0.5, 0.6) is 5.75 Å². The number of nitrogens with one attached hydrogen (secondary N) is 1. The van der Waals surface area contributed by atoms with Gasteiger partial charge in [-0.05, 0) is 36.6 Å². The summed E-state index contributed by atoms with van der Waals surface area (Å²) in [6.45, 7) is 2.17. The molecule has 106 valence electrons. The van der Waals surface area contributed by atoms with Crippen LogP contribution in [0.25, 0.3) is 0 Å². The molecule has 0 radical (unpaired) electrons. The SMILES string of the molecule is C[C@@H](Oc1ccc(Cl)cc1Cl)C(=O)NCc1cccs1. The summed E-state index contributed by atoms with van der Waals surface area (Å²) in [6, 6.07) is 8.80. The molecule has 1 amide bonds. The largest absolute Gasteiger partial charge is 0.479 e. The fraction of sp³-hybridized carbons (Fsp3) is 0.214. The lowest BCUT2D eigenvalue weighted by atomic mass is 10.3. The van der Waals surface area contributed by atoms with Crippen LogP contribution in [0.3, 0.4) is 0 Å². The van der Waals surface area contributed by atoms with Gasteiger partial charge in [0.2, 0.25) is 0 Å². The summed E-state index contributed by atoms with van der Waals surface area (Å²) in [4.78, 5) is 13.0. The fourth-order valence-electron chi connectivity index (χ4n) is 1.55. The third-order valence-electron chi connectivity index (χ3n) is 2.58. The second-order valence-corrected chi connectivity index (χ2v) is 6.01. The lowest BCUT2D eigenvalue weighted by Crippen LogP contribution is -2.35. The molecule has 0 unspecified atom stereocenters. The van der Waals surface area contributed by atoms with Gasteiger partial charge < -0.3 is 10.1 Å². The van der Waals surface area contributed by atoms with E-state index < -0.39 is 6.10 Å². The minimum absolute atomic E-state index is 0.190. The number of ether oxygens (including phenoxy) is 1. The van der Waals surface area contributed by atoms with E-state index in [9.17, 15) is 4.79 Å². The first-order valence-corrected chi connectivity index (χ1v) is 7.61. The molecular formula is C14H13Cl2NO2S. The molecule has 1 atom stereocenters. The van der Waals surface area contributed by atoms with Gasteiger partial charge in [0.25, 0.3) is 5.91 Å². The van der Waals surface area contributed by atoms with Crippen LogP contribution in [-0.4, -0.2) is 12.0 Å². The topological polar surface area (TPSA) is 38.3 Å². The molecule has 0 aliphatic heterocycles. The lowest BCUT2D eigenvalue weighted by molar-refractivity contribution is -0.127. The highest BCUT2D eigenvalue weighted by atomic mass is 35.5. The van der Waals surface area contributed by atoms with E-state index in [1.54, 1.807) is 36.5 Å². The Morgan fingerprint density at radius 2 is 2.20 bits per heavy atom. The van der Waals surface area contributed by atoms with E-state index in [1.165, 1.54) is 0 Å². The van der Waals surface area contributed by atoms with Gasteiger partial charge in [-0.25, -0.2) is 0 Å². The molecule has 1 aromatic carbocycles. The zero-order chi connectivity index (χ0) is 14.5. The Morgan fingerprint density at radius 3 is 2.85 bits per heavy atom. The van der Waals surface area contributed by atoms with Gasteiger partial charge in [-0.2, -0.15) is 0 Å². The molecule has 1 aromatic heterocycles. The maximum Gasteiger partial charge on any atom is 0.261 e. The van der Waals surface area contributed by atoms with Crippen molar-refractivity contribution in [3.63, 3.8) is 0 Å². The molecule has 0 saturated carbocycles. The van der Waals surface area contributed by atoms with E-state index in [2.05, 4.69) is 5.32 Å². The quantitative estimate of drug-likeness (QED) is 0.895. The number of halogens is 2. The van der Waals surface area contributed by atoms with Crippen LogP contribution in [0.1, 0.15) is 11.8 Å². The van der Waals surface area contributed by atoms with Gasteiger partial charge in [-0.15, -0.1) is 11.3 Å². The summed E-state index contributed by atoms with van der Waals surface area (Å²) in [5.74, 6) is 0.249. The van der Waals surface area contributed by atoms with Crippen LogP contribution in [0, 0.1) is 0 Å². The van der Waals surface area contributed by atoms with E-state index >= 15 is 0 Å².